The minimum Gasteiger partial charge on any atom is -0.508 e. The number of hydrogen-bond donors (Lipinski definition) is 3. The van der Waals surface area contributed by atoms with Crippen molar-refractivity contribution in [1.82, 2.24) is 5.32 Å². The highest BCUT2D eigenvalue weighted by Gasteiger charge is 2.21. The molecule has 5 heteroatoms. The topological polar surface area (TPSA) is 64.6 Å². The Morgan fingerprint density at radius 3 is 3.12 bits per heavy atom. The van der Waals surface area contributed by atoms with Crippen LogP contribution in [0.5, 0.6) is 5.75 Å². The van der Waals surface area contributed by atoms with Crippen LogP contribution in [-0.2, 0) is 4.79 Å². The number of phenols is 1. The smallest absolute Gasteiger partial charge is 0.243 e. The van der Waals surface area contributed by atoms with Crippen LogP contribution in [0.3, 0.4) is 0 Å². The summed E-state index contributed by atoms with van der Waals surface area (Å²) in [7, 11) is 1.87. The Hall–Kier alpha value is -1.75. The first-order valence-electron chi connectivity index (χ1n) is 5.23. The van der Waals surface area contributed by atoms with Gasteiger partial charge in [0.2, 0.25) is 5.91 Å². The first-order valence-corrected chi connectivity index (χ1v) is 5.23. The number of carbonyl (C=O) groups is 1. The van der Waals surface area contributed by atoms with Gasteiger partial charge in [-0.3, -0.25) is 4.79 Å². The molecule has 0 aliphatic carbocycles. The molecule has 1 amide bonds. The summed E-state index contributed by atoms with van der Waals surface area (Å²) in [4.78, 5) is 13.4. The van der Waals surface area contributed by atoms with Gasteiger partial charge in [0.15, 0.2) is 0 Å². The van der Waals surface area contributed by atoms with E-state index in [1.54, 1.807) is 18.2 Å². The number of fused-ring (bicyclic) bond motifs is 1. The maximum atomic E-state index is 11.4. The number of benzene rings is 1. The second kappa shape index (κ2) is 4.40. The lowest BCUT2D eigenvalue weighted by atomic mass is 10.2. The number of anilines is 2. The lowest BCUT2D eigenvalue weighted by Crippen LogP contribution is -2.41. The van der Waals surface area contributed by atoms with E-state index in [-0.39, 0.29) is 11.7 Å². The summed E-state index contributed by atoms with van der Waals surface area (Å²) < 4.78 is 0. The first-order chi connectivity index (χ1) is 7.70. The van der Waals surface area contributed by atoms with Gasteiger partial charge in [-0.15, -0.1) is 0 Å². The molecular formula is C11H15N3O2. The summed E-state index contributed by atoms with van der Waals surface area (Å²) in [6.07, 6.45) is 0. The molecule has 0 spiro atoms. The van der Waals surface area contributed by atoms with Crippen LogP contribution >= 0.6 is 0 Å². The molecular weight excluding hydrogens is 206 g/mol. The van der Waals surface area contributed by atoms with E-state index in [1.807, 2.05) is 11.9 Å². The number of aromatic hydroxyl groups is 1. The van der Waals surface area contributed by atoms with Crippen molar-refractivity contribution < 1.29 is 9.90 Å². The summed E-state index contributed by atoms with van der Waals surface area (Å²) >= 11 is 0. The number of phenolic OH excluding ortho intramolecular Hbond substituents is 1. The first kappa shape index (κ1) is 10.8. The number of amides is 1. The number of hydrogen-bond acceptors (Lipinski definition) is 4. The Labute approximate surface area is 94.1 Å². The molecule has 1 aliphatic rings. The molecule has 0 fully saturated rings. The third kappa shape index (κ3) is 2.09. The number of nitrogens with zero attached hydrogens (tertiary/aromatic N) is 1. The Balaban J connectivity index is 2.28. The van der Waals surface area contributed by atoms with Crippen LogP contribution in [0.25, 0.3) is 0 Å². The van der Waals surface area contributed by atoms with Crippen LogP contribution in [0, 0.1) is 0 Å². The lowest BCUT2D eigenvalue weighted by Gasteiger charge is -2.30. The zero-order valence-electron chi connectivity index (χ0n) is 9.16. The van der Waals surface area contributed by atoms with Gasteiger partial charge < -0.3 is 20.6 Å². The zero-order valence-corrected chi connectivity index (χ0v) is 9.16. The van der Waals surface area contributed by atoms with E-state index < -0.39 is 0 Å². The Morgan fingerprint density at radius 2 is 2.38 bits per heavy atom. The van der Waals surface area contributed by atoms with Gasteiger partial charge in [-0.1, -0.05) is 0 Å². The fourth-order valence-electron chi connectivity index (χ4n) is 1.78. The van der Waals surface area contributed by atoms with Crippen molar-refractivity contribution in [3.63, 3.8) is 0 Å². The van der Waals surface area contributed by atoms with Crippen LogP contribution < -0.4 is 15.5 Å². The fraction of sp³-hybridized carbons (Fsp3) is 0.364. The number of nitrogens with one attached hydrogen (secondary N) is 2. The number of carbonyl (C=O) groups excluding carboxylic acids is 1. The van der Waals surface area contributed by atoms with Crippen LogP contribution in [-0.4, -0.2) is 37.7 Å². The molecule has 5 nitrogen and oxygen atoms in total. The maximum Gasteiger partial charge on any atom is 0.243 e. The molecule has 0 atom stereocenters. The number of likely N-dealkylation sites (N-methyl/N-ethyl adjacent to an activating group) is 1. The Kier molecular flexibility index (Phi) is 2.96. The fourth-order valence-corrected chi connectivity index (χ4v) is 1.78. The highest BCUT2D eigenvalue weighted by Crippen LogP contribution is 2.32. The van der Waals surface area contributed by atoms with Crippen LogP contribution in [0.1, 0.15) is 0 Å². The summed E-state index contributed by atoms with van der Waals surface area (Å²) in [5.74, 6) is 0.193. The third-order valence-corrected chi connectivity index (χ3v) is 2.56. The second-order valence-electron chi connectivity index (χ2n) is 3.77. The molecule has 16 heavy (non-hydrogen) atoms. The van der Waals surface area contributed by atoms with Gasteiger partial charge >= 0.3 is 0 Å². The van der Waals surface area contributed by atoms with E-state index in [0.717, 1.165) is 24.5 Å². The van der Waals surface area contributed by atoms with Crippen molar-refractivity contribution in [2.24, 2.45) is 0 Å². The van der Waals surface area contributed by atoms with Gasteiger partial charge in [-0.2, -0.15) is 0 Å². The van der Waals surface area contributed by atoms with Crippen molar-refractivity contribution in [2.75, 3.05) is 36.9 Å². The Bertz CT molecular complexity index is 406. The lowest BCUT2D eigenvalue weighted by molar-refractivity contribution is -0.115. The van der Waals surface area contributed by atoms with Crippen LogP contribution in [0.2, 0.25) is 0 Å². The van der Waals surface area contributed by atoms with Gasteiger partial charge in [0.1, 0.15) is 5.75 Å². The average molecular weight is 221 g/mol. The molecule has 0 bridgehead atoms. The summed E-state index contributed by atoms with van der Waals surface area (Å²) in [6, 6.07) is 4.96. The molecule has 0 saturated carbocycles. The van der Waals surface area contributed by atoms with Gasteiger partial charge in [-0.05, 0) is 19.2 Å². The SMILES string of the molecule is CNCCN1CC(=O)Nc2ccc(O)cc21. The van der Waals surface area contributed by atoms with Gasteiger partial charge in [0.05, 0.1) is 17.9 Å². The average Bonchev–Trinajstić information content (AvgIpc) is 2.26. The highest BCUT2D eigenvalue weighted by molar-refractivity contribution is 6.01. The predicted octanol–water partition coefficient (Wildman–Crippen LogP) is 0.370. The zero-order chi connectivity index (χ0) is 11.5. The molecule has 0 radical (unpaired) electrons. The summed E-state index contributed by atoms with van der Waals surface area (Å²) in [6.45, 7) is 1.86. The van der Waals surface area contributed by atoms with Crippen molar-refractivity contribution in [1.29, 1.82) is 0 Å². The van der Waals surface area contributed by atoms with E-state index in [9.17, 15) is 9.90 Å². The van der Waals surface area contributed by atoms with Gasteiger partial charge in [0.25, 0.3) is 0 Å². The molecule has 1 aromatic rings. The van der Waals surface area contributed by atoms with Crippen molar-refractivity contribution >= 4 is 17.3 Å². The highest BCUT2D eigenvalue weighted by atomic mass is 16.3. The largest absolute Gasteiger partial charge is 0.508 e. The maximum absolute atomic E-state index is 11.4. The van der Waals surface area contributed by atoms with E-state index >= 15 is 0 Å². The van der Waals surface area contributed by atoms with E-state index in [1.165, 1.54) is 0 Å². The van der Waals surface area contributed by atoms with Crippen molar-refractivity contribution in [3.05, 3.63) is 18.2 Å². The predicted molar refractivity (Wildman–Crippen MR) is 62.9 cm³/mol. The molecule has 86 valence electrons. The normalized spacial score (nSPS) is 14.6. The molecule has 0 saturated heterocycles. The standard InChI is InChI=1S/C11H15N3O2/c1-12-4-5-14-7-11(16)13-9-3-2-8(15)6-10(9)14/h2-3,6,12,15H,4-5,7H2,1H3,(H,13,16). The van der Waals surface area contributed by atoms with E-state index in [0.29, 0.717) is 6.54 Å². The monoisotopic (exact) mass is 221 g/mol. The summed E-state index contributed by atoms with van der Waals surface area (Å²) in [5.41, 5.74) is 1.63. The molecule has 1 aliphatic heterocycles. The molecule has 1 heterocycles. The van der Waals surface area contributed by atoms with Crippen LogP contribution in [0.4, 0.5) is 11.4 Å². The van der Waals surface area contributed by atoms with Gasteiger partial charge in [-0.25, -0.2) is 0 Å². The van der Waals surface area contributed by atoms with Crippen molar-refractivity contribution in [2.45, 2.75) is 0 Å². The van der Waals surface area contributed by atoms with E-state index in [4.69, 9.17) is 0 Å². The third-order valence-electron chi connectivity index (χ3n) is 2.56. The minimum atomic E-state index is -0.0192. The molecule has 2 rings (SSSR count). The minimum absolute atomic E-state index is 0.0192. The Morgan fingerprint density at radius 1 is 1.56 bits per heavy atom. The molecule has 0 aromatic heterocycles. The number of rotatable bonds is 3. The quantitative estimate of drug-likeness (QED) is 0.645. The summed E-state index contributed by atoms with van der Waals surface area (Å²) in [5, 5.41) is 15.3. The van der Waals surface area contributed by atoms with Crippen molar-refractivity contribution in [3.8, 4) is 5.75 Å². The molecule has 0 unspecified atom stereocenters. The molecule has 1 aromatic carbocycles. The molecule has 3 N–H and O–H groups in total. The van der Waals surface area contributed by atoms with Gasteiger partial charge in [0, 0.05) is 19.2 Å². The second-order valence-corrected chi connectivity index (χ2v) is 3.77. The van der Waals surface area contributed by atoms with Crippen LogP contribution in [0.15, 0.2) is 18.2 Å². The van der Waals surface area contributed by atoms with E-state index in [2.05, 4.69) is 10.6 Å².